The minimum atomic E-state index is -0.367. The molecule has 3 heterocycles. The lowest BCUT2D eigenvalue weighted by Gasteiger charge is -2.47. The third-order valence-corrected chi connectivity index (χ3v) is 6.38. The Morgan fingerprint density at radius 2 is 2.11 bits per heavy atom. The van der Waals surface area contributed by atoms with E-state index in [9.17, 15) is 14.0 Å². The van der Waals surface area contributed by atoms with E-state index in [2.05, 4.69) is 5.32 Å². The molecule has 1 N–H and O–H groups in total. The summed E-state index contributed by atoms with van der Waals surface area (Å²) in [5, 5.41) is 2.77. The van der Waals surface area contributed by atoms with Gasteiger partial charge < -0.3 is 19.9 Å². The summed E-state index contributed by atoms with van der Waals surface area (Å²) in [5.74, 6) is -0.138. The fraction of sp³-hybridized carbons (Fsp3) is 0.619. The van der Waals surface area contributed by atoms with E-state index in [-0.39, 0.29) is 29.3 Å². The lowest BCUT2D eigenvalue weighted by Crippen LogP contribution is -2.54. The summed E-state index contributed by atoms with van der Waals surface area (Å²) in [4.78, 5) is 28.7. The maximum atomic E-state index is 13.3. The Bertz CT molecular complexity index is 727. The van der Waals surface area contributed by atoms with Gasteiger partial charge in [-0.3, -0.25) is 4.79 Å². The van der Waals surface area contributed by atoms with Gasteiger partial charge in [0.25, 0.3) is 0 Å². The highest BCUT2D eigenvalue weighted by atomic mass is 19.1. The molecule has 1 spiro atoms. The lowest BCUT2D eigenvalue weighted by atomic mass is 9.72. The number of ether oxygens (including phenoxy) is 1. The Labute approximate surface area is 165 Å². The minimum absolute atomic E-state index is 0.0994. The number of likely N-dealkylation sites (tertiary alicyclic amines) is 2. The van der Waals surface area contributed by atoms with E-state index >= 15 is 0 Å². The Hall–Kier alpha value is -2.15. The van der Waals surface area contributed by atoms with Crippen LogP contribution in [0.2, 0.25) is 0 Å². The molecule has 6 nitrogen and oxygen atoms in total. The summed E-state index contributed by atoms with van der Waals surface area (Å²) in [6.07, 6.45) is 5.54. The summed E-state index contributed by atoms with van der Waals surface area (Å²) >= 11 is 0. The van der Waals surface area contributed by atoms with Gasteiger partial charge >= 0.3 is 6.03 Å². The van der Waals surface area contributed by atoms with Crippen LogP contribution >= 0.6 is 0 Å². The van der Waals surface area contributed by atoms with E-state index in [0.717, 1.165) is 45.3 Å². The molecule has 3 amide bonds. The van der Waals surface area contributed by atoms with E-state index in [1.54, 1.807) is 17.0 Å². The molecular weight excluding hydrogens is 361 g/mol. The summed E-state index contributed by atoms with van der Waals surface area (Å²) in [5.41, 5.74) is 0.568. The van der Waals surface area contributed by atoms with Crippen LogP contribution in [-0.2, 0) is 9.53 Å². The van der Waals surface area contributed by atoms with Crippen molar-refractivity contribution >= 4 is 17.6 Å². The summed E-state index contributed by atoms with van der Waals surface area (Å²) in [7, 11) is 0. The largest absolute Gasteiger partial charge is 0.376 e. The molecule has 1 unspecified atom stereocenters. The van der Waals surface area contributed by atoms with Crippen molar-refractivity contribution in [3.8, 4) is 0 Å². The molecule has 3 aliphatic rings. The highest BCUT2D eigenvalue weighted by Gasteiger charge is 2.42. The molecule has 3 fully saturated rings. The van der Waals surface area contributed by atoms with Gasteiger partial charge in [-0.25, -0.2) is 9.18 Å². The third-order valence-electron chi connectivity index (χ3n) is 6.38. The van der Waals surface area contributed by atoms with Crippen LogP contribution in [0.25, 0.3) is 0 Å². The lowest BCUT2D eigenvalue weighted by molar-refractivity contribution is -0.140. The average molecular weight is 389 g/mol. The number of amides is 3. The standard InChI is InChI=1S/C21H28FN3O3/c22-16-3-1-4-17(13-16)23-20(27)24-10-8-21(9-11-24)7-6-19(26)25(15-21)14-18-5-2-12-28-18/h1,3-4,13,18H,2,5-12,14-15H2,(H,23,27). The number of urea groups is 1. The van der Waals surface area contributed by atoms with Crippen LogP contribution in [0.15, 0.2) is 24.3 Å². The molecule has 0 radical (unpaired) electrons. The first-order valence-corrected chi connectivity index (χ1v) is 10.2. The van der Waals surface area contributed by atoms with Crippen molar-refractivity contribution in [3.05, 3.63) is 30.1 Å². The van der Waals surface area contributed by atoms with Crippen LogP contribution in [0.3, 0.4) is 0 Å². The van der Waals surface area contributed by atoms with Gasteiger partial charge in [0.15, 0.2) is 0 Å². The van der Waals surface area contributed by atoms with E-state index < -0.39 is 0 Å². The minimum Gasteiger partial charge on any atom is -0.376 e. The van der Waals surface area contributed by atoms with Crippen LogP contribution in [0.5, 0.6) is 0 Å². The van der Waals surface area contributed by atoms with Gasteiger partial charge in [0.1, 0.15) is 5.82 Å². The molecule has 4 rings (SSSR count). The molecule has 0 aromatic heterocycles. The number of anilines is 1. The summed E-state index contributed by atoms with van der Waals surface area (Å²) in [6, 6.07) is 5.75. The quantitative estimate of drug-likeness (QED) is 0.863. The molecule has 1 atom stereocenters. The predicted octanol–water partition coefficient (Wildman–Crippen LogP) is 3.24. The first-order valence-electron chi connectivity index (χ1n) is 10.2. The summed E-state index contributed by atoms with van der Waals surface area (Å²) < 4.78 is 19.0. The number of nitrogens with one attached hydrogen (secondary N) is 1. The molecule has 28 heavy (non-hydrogen) atoms. The van der Waals surface area contributed by atoms with Gasteiger partial charge in [0, 0.05) is 44.9 Å². The van der Waals surface area contributed by atoms with Crippen molar-refractivity contribution in [2.24, 2.45) is 5.41 Å². The molecule has 7 heteroatoms. The number of benzene rings is 1. The van der Waals surface area contributed by atoms with Gasteiger partial charge in [0.05, 0.1) is 6.10 Å². The maximum Gasteiger partial charge on any atom is 0.321 e. The number of hydrogen-bond acceptors (Lipinski definition) is 3. The van der Waals surface area contributed by atoms with Crippen molar-refractivity contribution < 1.29 is 18.7 Å². The monoisotopic (exact) mass is 389 g/mol. The number of piperidine rings is 2. The number of halogens is 1. The van der Waals surface area contributed by atoms with Crippen molar-refractivity contribution in [1.29, 1.82) is 0 Å². The van der Waals surface area contributed by atoms with Gasteiger partial charge in [0.2, 0.25) is 5.91 Å². The van der Waals surface area contributed by atoms with Gasteiger partial charge in [-0.15, -0.1) is 0 Å². The normalized spacial score (nSPS) is 24.6. The number of carbonyl (C=O) groups excluding carboxylic acids is 2. The zero-order valence-electron chi connectivity index (χ0n) is 16.2. The first-order chi connectivity index (χ1) is 13.5. The maximum absolute atomic E-state index is 13.3. The Balaban J connectivity index is 1.32. The van der Waals surface area contributed by atoms with E-state index in [4.69, 9.17) is 4.74 Å². The van der Waals surface area contributed by atoms with E-state index in [1.165, 1.54) is 12.1 Å². The van der Waals surface area contributed by atoms with Crippen LogP contribution in [0, 0.1) is 11.2 Å². The molecule has 3 aliphatic heterocycles. The van der Waals surface area contributed by atoms with Crippen molar-refractivity contribution in [2.45, 2.75) is 44.6 Å². The molecule has 0 saturated carbocycles. The second-order valence-corrected chi connectivity index (χ2v) is 8.34. The van der Waals surface area contributed by atoms with Crippen LogP contribution in [-0.4, -0.2) is 60.6 Å². The zero-order valence-corrected chi connectivity index (χ0v) is 16.2. The highest BCUT2D eigenvalue weighted by molar-refractivity contribution is 5.89. The van der Waals surface area contributed by atoms with E-state index in [0.29, 0.717) is 31.7 Å². The highest BCUT2D eigenvalue weighted by Crippen LogP contribution is 2.40. The van der Waals surface area contributed by atoms with Gasteiger partial charge in [-0.05, 0) is 55.7 Å². The van der Waals surface area contributed by atoms with Crippen LogP contribution in [0.4, 0.5) is 14.9 Å². The second kappa shape index (κ2) is 8.07. The Morgan fingerprint density at radius 1 is 1.29 bits per heavy atom. The fourth-order valence-corrected chi connectivity index (χ4v) is 4.66. The smallest absolute Gasteiger partial charge is 0.321 e. The number of hydrogen-bond donors (Lipinski definition) is 1. The first kappa shape index (κ1) is 19.2. The Morgan fingerprint density at radius 3 is 2.82 bits per heavy atom. The number of nitrogens with zero attached hydrogens (tertiary/aromatic N) is 2. The molecular formula is C21H28FN3O3. The average Bonchev–Trinajstić information content (AvgIpc) is 3.19. The SMILES string of the molecule is O=C1CCC2(CCN(C(=O)Nc3cccc(F)c3)CC2)CN1CC1CCCO1. The van der Waals surface area contributed by atoms with Crippen LogP contribution < -0.4 is 5.32 Å². The fourth-order valence-electron chi connectivity index (χ4n) is 4.66. The molecule has 1 aromatic rings. The topological polar surface area (TPSA) is 61.9 Å². The number of rotatable bonds is 3. The molecule has 0 aliphatic carbocycles. The molecule has 3 saturated heterocycles. The van der Waals surface area contributed by atoms with Crippen molar-refractivity contribution in [3.63, 3.8) is 0 Å². The van der Waals surface area contributed by atoms with Gasteiger partial charge in [-0.2, -0.15) is 0 Å². The zero-order chi connectivity index (χ0) is 19.6. The van der Waals surface area contributed by atoms with E-state index in [1.807, 2.05) is 4.90 Å². The second-order valence-electron chi connectivity index (χ2n) is 8.34. The van der Waals surface area contributed by atoms with Crippen molar-refractivity contribution in [1.82, 2.24) is 9.80 Å². The molecule has 1 aromatic carbocycles. The van der Waals surface area contributed by atoms with Crippen LogP contribution in [0.1, 0.15) is 38.5 Å². The van der Waals surface area contributed by atoms with Gasteiger partial charge in [-0.1, -0.05) is 6.07 Å². The molecule has 0 bridgehead atoms. The Kier molecular flexibility index (Phi) is 5.53. The summed E-state index contributed by atoms with van der Waals surface area (Å²) in [6.45, 7) is 3.58. The molecule has 152 valence electrons. The third kappa shape index (κ3) is 4.29. The van der Waals surface area contributed by atoms with Crippen molar-refractivity contribution in [2.75, 3.05) is 38.1 Å². The predicted molar refractivity (Wildman–Crippen MR) is 103 cm³/mol. The number of carbonyl (C=O) groups is 2.